The second-order valence-electron chi connectivity index (χ2n) is 4.36. The van der Waals surface area contributed by atoms with Crippen molar-refractivity contribution in [3.63, 3.8) is 0 Å². The lowest BCUT2D eigenvalue weighted by Crippen LogP contribution is -2.58. The van der Waals surface area contributed by atoms with E-state index in [0.29, 0.717) is 19.6 Å². The molecule has 1 saturated heterocycles. The van der Waals surface area contributed by atoms with Gasteiger partial charge in [-0.15, -0.1) is 0 Å². The number of amides is 1. The van der Waals surface area contributed by atoms with Crippen LogP contribution in [-0.2, 0) is 14.8 Å². The molecule has 1 unspecified atom stereocenters. The Balaban J connectivity index is 2.63. The Kier molecular flexibility index (Phi) is 4.87. The van der Waals surface area contributed by atoms with Crippen molar-refractivity contribution in [3.05, 3.63) is 0 Å². The molecule has 0 aliphatic carbocycles. The van der Waals surface area contributed by atoms with Gasteiger partial charge in [0.25, 0.3) is 0 Å². The lowest BCUT2D eigenvalue weighted by molar-refractivity contribution is -0.134. The number of piperazine rings is 1. The molecule has 8 heteroatoms. The summed E-state index contributed by atoms with van der Waals surface area (Å²) in [6.45, 7) is 2.24. The lowest BCUT2D eigenvalue weighted by Gasteiger charge is -2.36. The smallest absolute Gasteiger partial charge is 0.240 e. The third-order valence-corrected chi connectivity index (χ3v) is 3.49. The fourth-order valence-corrected chi connectivity index (χ4v) is 2.29. The van der Waals surface area contributed by atoms with Crippen molar-refractivity contribution in [2.75, 3.05) is 46.0 Å². The summed E-state index contributed by atoms with van der Waals surface area (Å²) in [5.74, 6) is -0.142. The highest BCUT2D eigenvalue weighted by atomic mass is 32.2. The lowest BCUT2D eigenvalue weighted by atomic mass is 10.1. The van der Waals surface area contributed by atoms with E-state index in [9.17, 15) is 13.2 Å². The summed E-state index contributed by atoms with van der Waals surface area (Å²) < 4.78 is 21.8. The Morgan fingerprint density at radius 1 is 1.53 bits per heavy atom. The van der Waals surface area contributed by atoms with Crippen LogP contribution < -0.4 is 10.5 Å². The van der Waals surface area contributed by atoms with E-state index < -0.39 is 10.0 Å². The molecule has 1 rings (SSSR count). The zero-order chi connectivity index (χ0) is 13.1. The van der Waals surface area contributed by atoms with E-state index in [1.54, 1.807) is 14.1 Å². The van der Waals surface area contributed by atoms with Crippen LogP contribution in [0.3, 0.4) is 0 Å². The molecule has 3 N–H and O–H groups in total. The average Bonchev–Trinajstić information content (AvgIpc) is 2.24. The second-order valence-corrected chi connectivity index (χ2v) is 6.09. The number of nitrogens with zero attached hydrogens (tertiary/aromatic N) is 2. The summed E-state index contributed by atoms with van der Waals surface area (Å²) in [6, 6.07) is -0.305. The number of nitrogens with one attached hydrogen (secondary N) is 1. The predicted octanol–water partition coefficient (Wildman–Crippen LogP) is -2.36. The van der Waals surface area contributed by atoms with Crippen LogP contribution in [0.15, 0.2) is 0 Å². The second kappa shape index (κ2) is 5.76. The zero-order valence-corrected chi connectivity index (χ0v) is 11.0. The van der Waals surface area contributed by atoms with Crippen LogP contribution >= 0.6 is 0 Å². The Morgan fingerprint density at radius 2 is 2.18 bits per heavy atom. The molecule has 0 aromatic heterocycles. The number of carbonyl (C=O) groups is 1. The third-order valence-electron chi connectivity index (χ3n) is 2.74. The van der Waals surface area contributed by atoms with Gasteiger partial charge in [0, 0.05) is 40.3 Å². The zero-order valence-electron chi connectivity index (χ0n) is 10.2. The van der Waals surface area contributed by atoms with Crippen molar-refractivity contribution in [2.24, 2.45) is 5.14 Å². The summed E-state index contributed by atoms with van der Waals surface area (Å²) in [5, 5.41) is 8.10. The normalized spacial score (nSPS) is 22.4. The van der Waals surface area contributed by atoms with Crippen LogP contribution in [-0.4, -0.2) is 76.2 Å². The number of primary sulfonamides is 1. The van der Waals surface area contributed by atoms with Gasteiger partial charge in [0.2, 0.25) is 15.9 Å². The van der Waals surface area contributed by atoms with Gasteiger partial charge >= 0.3 is 0 Å². The van der Waals surface area contributed by atoms with Crippen LogP contribution in [0.2, 0.25) is 0 Å². The van der Waals surface area contributed by atoms with Gasteiger partial charge in [0.05, 0.1) is 5.75 Å². The van der Waals surface area contributed by atoms with E-state index in [1.165, 1.54) is 4.90 Å². The molecule has 100 valence electrons. The fourth-order valence-electron chi connectivity index (χ4n) is 1.80. The maximum Gasteiger partial charge on any atom is 0.240 e. The molecular formula is C9H20N4O3S. The average molecular weight is 264 g/mol. The number of carbonyl (C=O) groups excluding carboxylic acids is 1. The molecular weight excluding hydrogens is 244 g/mol. The molecule has 0 radical (unpaired) electrons. The molecule has 17 heavy (non-hydrogen) atoms. The van der Waals surface area contributed by atoms with Gasteiger partial charge in [0.1, 0.15) is 6.04 Å². The summed E-state index contributed by atoms with van der Waals surface area (Å²) in [5.41, 5.74) is 0. The van der Waals surface area contributed by atoms with Crippen LogP contribution in [0, 0.1) is 0 Å². The minimum absolute atomic E-state index is 0.0216. The van der Waals surface area contributed by atoms with Crippen molar-refractivity contribution in [3.8, 4) is 0 Å². The van der Waals surface area contributed by atoms with Crippen LogP contribution in [0.1, 0.15) is 0 Å². The summed E-state index contributed by atoms with van der Waals surface area (Å²) in [4.78, 5) is 15.3. The maximum atomic E-state index is 11.9. The quantitative estimate of drug-likeness (QED) is 0.592. The monoisotopic (exact) mass is 264 g/mol. The van der Waals surface area contributed by atoms with E-state index in [1.807, 2.05) is 4.90 Å². The highest BCUT2D eigenvalue weighted by Gasteiger charge is 2.29. The number of nitrogens with two attached hydrogens (primary N) is 1. The van der Waals surface area contributed by atoms with Gasteiger partial charge in [-0.3, -0.25) is 9.69 Å². The van der Waals surface area contributed by atoms with E-state index in [0.717, 1.165) is 6.54 Å². The molecule has 1 fully saturated rings. The minimum Gasteiger partial charge on any atom is -0.347 e. The number of hydrogen-bond acceptors (Lipinski definition) is 5. The van der Waals surface area contributed by atoms with Crippen molar-refractivity contribution in [2.45, 2.75) is 6.04 Å². The van der Waals surface area contributed by atoms with Gasteiger partial charge in [-0.1, -0.05) is 0 Å². The summed E-state index contributed by atoms with van der Waals surface area (Å²) >= 11 is 0. The Bertz CT molecular complexity index is 368. The van der Waals surface area contributed by atoms with Gasteiger partial charge in [-0.2, -0.15) is 0 Å². The van der Waals surface area contributed by atoms with Crippen molar-refractivity contribution in [1.29, 1.82) is 0 Å². The summed E-state index contributed by atoms with van der Waals surface area (Å²) in [6.07, 6.45) is 0. The number of sulfonamides is 1. The van der Waals surface area contributed by atoms with Crippen molar-refractivity contribution >= 4 is 15.9 Å². The van der Waals surface area contributed by atoms with Gasteiger partial charge in [-0.05, 0) is 0 Å². The minimum atomic E-state index is -3.48. The van der Waals surface area contributed by atoms with E-state index in [2.05, 4.69) is 5.32 Å². The molecule has 1 aliphatic heterocycles. The standard InChI is InChI=1S/C9H20N4O3S/c1-12(2)9(14)8-7-11-3-4-13(8)5-6-17(10,15)16/h8,11H,3-7H2,1-2H3,(H2,10,15,16). The number of hydrogen-bond donors (Lipinski definition) is 2. The molecule has 0 spiro atoms. The predicted molar refractivity (Wildman–Crippen MR) is 64.9 cm³/mol. The SMILES string of the molecule is CN(C)C(=O)C1CNCCN1CCS(N)(=O)=O. The molecule has 7 nitrogen and oxygen atoms in total. The van der Waals surface area contributed by atoms with E-state index in [4.69, 9.17) is 5.14 Å². The Morgan fingerprint density at radius 3 is 2.71 bits per heavy atom. The highest BCUT2D eigenvalue weighted by molar-refractivity contribution is 7.89. The first-order valence-corrected chi connectivity index (χ1v) is 7.19. The first-order chi connectivity index (χ1) is 7.81. The van der Waals surface area contributed by atoms with Gasteiger partial charge < -0.3 is 10.2 Å². The molecule has 0 aromatic carbocycles. The Labute approximate surface area is 102 Å². The first-order valence-electron chi connectivity index (χ1n) is 5.47. The maximum absolute atomic E-state index is 11.9. The number of rotatable bonds is 4. The van der Waals surface area contributed by atoms with Crippen LogP contribution in [0.25, 0.3) is 0 Å². The third kappa shape index (κ3) is 4.58. The number of likely N-dealkylation sites (N-methyl/N-ethyl adjacent to an activating group) is 1. The molecule has 1 atom stereocenters. The molecule has 1 amide bonds. The first kappa shape index (κ1) is 14.4. The topological polar surface area (TPSA) is 95.7 Å². The van der Waals surface area contributed by atoms with E-state index >= 15 is 0 Å². The Hall–Kier alpha value is -0.700. The fraction of sp³-hybridized carbons (Fsp3) is 0.889. The largest absolute Gasteiger partial charge is 0.347 e. The van der Waals surface area contributed by atoms with E-state index in [-0.39, 0.29) is 17.7 Å². The van der Waals surface area contributed by atoms with Gasteiger partial charge in [-0.25, -0.2) is 13.6 Å². The molecule has 1 aliphatic rings. The molecule has 0 aromatic rings. The van der Waals surface area contributed by atoms with Crippen LogP contribution in [0.5, 0.6) is 0 Å². The molecule has 0 bridgehead atoms. The highest BCUT2D eigenvalue weighted by Crippen LogP contribution is 2.05. The van der Waals surface area contributed by atoms with Crippen molar-refractivity contribution < 1.29 is 13.2 Å². The van der Waals surface area contributed by atoms with Crippen LogP contribution in [0.4, 0.5) is 0 Å². The van der Waals surface area contributed by atoms with Gasteiger partial charge in [0.15, 0.2) is 0 Å². The van der Waals surface area contributed by atoms with Crippen molar-refractivity contribution in [1.82, 2.24) is 15.1 Å². The summed E-state index contributed by atoms with van der Waals surface area (Å²) in [7, 11) is -0.101. The molecule has 0 saturated carbocycles. The molecule has 1 heterocycles.